The van der Waals surface area contributed by atoms with E-state index >= 15 is 0 Å². The van der Waals surface area contributed by atoms with Gasteiger partial charge >= 0.3 is 0 Å². The van der Waals surface area contributed by atoms with Crippen LogP contribution in [0, 0.1) is 5.92 Å². The molecule has 7 heteroatoms. The van der Waals surface area contributed by atoms with Gasteiger partial charge < -0.3 is 0 Å². The van der Waals surface area contributed by atoms with Gasteiger partial charge in [0, 0.05) is 6.04 Å². The predicted molar refractivity (Wildman–Crippen MR) is 79.2 cm³/mol. The van der Waals surface area contributed by atoms with Crippen LogP contribution in [-0.4, -0.2) is 23.2 Å². The Morgan fingerprint density at radius 2 is 2.05 bits per heavy atom. The van der Waals surface area contributed by atoms with Crippen LogP contribution in [0.5, 0.6) is 0 Å². The maximum Gasteiger partial charge on any atom is 0.243 e. The van der Waals surface area contributed by atoms with E-state index in [0.717, 1.165) is 31.0 Å². The highest BCUT2D eigenvalue weighted by Crippen LogP contribution is 2.27. The molecule has 5 nitrogen and oxygen atoms in total. The van der Waals surface area contributed by atoms with Crippen molar-refractivity contribution in [1.29, 1.82) is 0 Å². The Hall–Kier alpha value is -1.05. The third-order valence-electron chi connectivity index (χ3n) is 3.96. The smallest absolute Gasteiger partial charge is 0.208 e. The zero-order valence-electron chi connectivity index (χ0n) is 11.2. The van der Waals surface area contributed by atoms with Crippen LogP contribution in [0.15, 0.2) is 23.1 Å². The van der Waals surface area contributed by atoms with E-state index in [9.17, 15) is 8.42 Å². The van der Waals surface area contributed by atoms with E-state index in [1.807, 2.05) is 0 Å². The van der Waals surface area contributed by atoms with Crippen molar-refractivity contribution < 1.29 is 8.42 Å². The van der Waals surface area contributed by atoms with E-state index in [0.29, 0.717) is 17.0 Å². The highest BCUT2D eigenvalue weighted by Gasteiger charge is 2.28. The summed E-state index contributed by atoms with van der Waals surface area (Å²) >= 11 is 1.04. The second kappa shape index (κ2) is 5.38. The molecule has 1 heterocycles. The Balaban J connectivity index is 1.93. The van der Waals surface area contributed by atoms with Gasteiger partial charge in [0.1, 0.15) is 15.9 Å². The minimum atomic E-state index is -3.54. The van der Waals surface area contributed by atoms with Crippen LogP contribution >= 0.6 is 11.7 Å². The molecule has 0 spiro atoms. The number of nitrogens with zero attached hydrogens (tertiary/aromatic N) is 2. The fraction of sp³-hybridized carbons (Fsp3) is 0.538. The molecule has 1 aromatic carbocycles. The molecule has 0 bridgehead atoms. The average Bonchev–Trinajstić information content (AvgIpc) is 2.89. The number of hydrogen-bond donors (Lipinski definition) is 1. The lowest BCUT2D eigenvalue weighted by atomic mass is 9.87. The fourth-order valence-corrected chi connectivity index (χ4v) is 4.90. The third kappa shape index (κ3) is 2.57. The molecule has 2 atom stereocenters. The first kappa shape index (κ1) is 13.9. The maximum atomic E-state index is 12.6. The third-order valence-corrected chi connectivity index (χ3v) is 6.02. The lowest BCUT2D eigenvalue weighted by Crippen LogP contribution is -2.41. The first-order chi connectivity index (χ1) is 9.58. The zero-order valence-corrected chi connectivity index (χ0v) is 12.9. The number of sulfonamides is 1. The fourth-order valence-electron chi connectivity index (χ4n) is 2.75. The highest BCUT2D eigenvalue weighted by atomic mass is 32.2. The minimum absolute atomic E-state index is 0.0237. The molecule has 108 valence electrons. The van der Waals surface area contributed by atoms with Crippen molar-refractivity contribution in [3.8, 4) is 0 Å². The summed E-state index contributed by atoms with van der Waals surface area (Å²) in [5, 5.41) is 0. The normalized spacial score (nSPS) is 24.1. The van der Waals surface area contributed by atoms with E-state index in [-0.39, 0.29) is 10.9 Å². The second-order valence-electron chi connectivity index (χ2n) is 5.38. The van der Waals surface area contributed by atoms with Crippen molar-refractivity contribution in [2.45, 2.75) is 43.5 Å². The van der Waals surface area contributed by atoms with E-state index in [1.54, 1.807) is 18.2 Å². The Bertz CT molecular complexity index is 711. The van der Waals surface area contributed by atoms with Gasteiger partial charge in [-0.05, 0) is 30.9 Å². The van der Waals surface area contributed by atoms with Crippen LogP contribution < -0.4 is 4.72 Å². The lowest BCUT2D eigenvalue weighted by molar-refractivity contribution is 0.310. The Morgan fingerprint density at radius 3 is 2.85 bits per heavy atom. The standard InChI is InChI=1S/C13H17N3O2S2/c1-9-5-2-3-6-10(9)16-20(17,18)12-8-4-7-11-13(12)15-19-14-11/h4,7-10,16H,2-3,5-6H2,1H3. The van der Waals surface area contributed by atoms with Gasteiger partial charge in [-0.15, -0.1) is 0 Å². The molecular weight excluding hydrogens is 294 g/mol. The zero-order chi connectivity index (χ0) is 14.2. The molecule has 0 radical (unpaired) electrons. The molecule has 1 aliphatic carbocycles. The molecular formula is C13H17N3O2S2. The number of benzene rings is 1. The van der Waals surface area contributed by atoms with Crippen LogP contribution in [0.1, 0.15) is 32.6 Å². The highest BCUT2D eigenvalue weighted by molar-refractivity contribution is 7.89. The molecule has 1 aromatic heterocycles. The molecule has 2 aromatic rings. The average molecular weight is 311 g/mol. The van der Waals surface area contributed by atoms with Gasteiger partial charge in [-0.2, -0.15) is 8.75 Å². The monoisotopic (exact) mass is 311 g/mol. The Labute approximate surface area is 122 Å². The largest absolute Gasteiger partial charge is 0.243 e. The summed E-state index contributed by atoms with van der Waals surface area (Å²) in [5.41, 5.74) is 1.10. The summed E-state index contributed by atoms with van der Waals surface area (Å²) in [6, 6.07) is 5.11. The summed E-state index contributed by atoms with van der Waals surface area (Å²) in [6.45, 7) is 2.11. The molecule has 1 aliphatic rings. The molecule has 3 rings (SSSR count). The number of fused-ring (bicyclic) bond motifs is 1. The van der Waals surface area contributed by atoms with Gasteiger partial charge in [-0.25, -0.2) is 13.1 Å². The minimum Gasteiger partial charge on any atom is -0.208 e. The van der Waals surface area contributed by atoms with Gasteiger partial charge in [-0.3, -0.25) is 0 Å². The van der Waals surface area contributed by atoms with Crippen LogP contribution in [0.25, 0.3) is 11.0 Å². The molecule has 1 saturated carbocycles. The molecule has 1 N–H and O–H groups in total. The first-order valence-electron chi connectivity index (χ1n) is 6.81. The topological polar surface area (TPSA) is 72.0 Å². The van der Waals surface area contributed by atoms with Gasteiger partial charge in [-0.1, -0.05) is 25.8 Å². The molecule has 2 unspecified atom stereocenters. The van der Waals surface area contributed by atoms with Gasteiger partial charge in [0.05, 0.1) is 11.7 Å². The number of rotatable bonds is 3. The summed E-state index contributed by atoms with van der Waals surface area (Å²) in [6.07, 6.45) is 4.26. The molecule has 0 aliphatic heterocycles. The van der Waals surface area contributed by atoms with Gasteiger partial charge in [0.25, 0.3) is 0 Å². The van der Waals surface area contributed by atoms with Crippen LogP contribution in [0.4, 0.5) is 0 Å². The Morgan fingerprint density at radius 1 is 1.25 bits per heavy atom. The lowest BCUT2D eigenvalue weighted by Gasteiger charge is -2.29. The SMILES string of the molecule is CC1CCCCC1NS(=O)(=O)c1cccc2nsnc12. The van der Waals surface area contributed by atoms with Gasteiger partial charge in [0.2, 0.25) is 10.0 Å². The molecule has 20 heavy (non-hydrogen) atoms. The summed E-state index contributed by atoms with van der Waals surface area (Å²) in [4.78, 5) is 0.238. The van der Waals surface area contributed by atoms with E-state index in [2.05, 4.69) is 20.4 Å². The van der Waals surface area contributed by atoms with E-state index in [4.69, 9.17) is 0 Å². The maximum absolute atomic E-state index is 12.6. The second-order valence-corrected chi connectivity index (χ2v) is 7.59. The Kier molecular flexibility index (Phi) is 3.74. The quantitative estimate of drug-likeness (QED) is 0.945. The van der Waals surface area contributed by atoms with E-state index in [1.165, 1.54) is 6.42 Å². The summed E-state index contributed by atoms with van der Waals surface area (Å²) in [7, 11) is -3.54. The van der Waals surface area contributed by atoms with Crippen molar-refractivity contribution in [2.24, 2.45) is 5.92 Å². The number of hydrogen-bond acceptors (Lipinski definition) is 5. The molecule has 0 amide bonds. The van der Waals surface area contributed by atoms with Crippen LogP contribution in [-0.2, 0) is 10.0 Å². The van der Waals surface area contributed by atoms with Crippen molar-refractivity contribution in [3.63, 3.8) is 0 Å². The first-order valence-corrected chi connectivity index (χ1v) is 9.03. The van der Waals surface area contributed by atoms with Crippen LogP contribution in [0.3, 0.4) is 0 Å². The predicted octanol–water partition coefficient (Wildman–Crippen LogP) is 2.55. The molecule has 1 fully saturated rings. The van der Waals surface area contributed by atoms with Crippen molar-refractivity contribution in [3.05, 3.63) is 18.2 Å². The van der Waals surface area contributed by atoms with Crippen molar-refractivity contribution in [2.75, 3.05) is 0 Å². The summed E-state index contributed by atoms with van der Waals surface area (Å²) < 4.78 is 36.2. The number of aromatic nitrogens is 2. The van der Waals surface area contributed by atoms with Crippen LogP contribution in [0.2, 0.25) is 0 Å². The van der Waals surface area contributed by atoms with E-state index < -0.39 is 10.0 Å². The van der Waals surface area contributed by atoms with Crippen molar-refractivity contribution in [1.82, 2.24) is 13.5 Å². The van der Waals surface area contributed by atoms with Crippen molar-refractivity contribution >= 4 is 32.8 Å². The molecule has 0 saturated heterocycles. The number of nitrogens with one attached hydrogen (secondary N) is 1. The summed E-state index contributed by atoms with van der Waals surface area (Å²) in [5.74, 6) is 0.381. The van der Waals surface area contributed by atoms with Gasteiger partial charge in [0.15, 0.2) is 0 Å².